The maximum absolute atomic E-state index is 14.0. The molecule has 24 nitrogen and oxygen atoms in total. The molecule has 4 aromatic carbocycles. The van der Waals surface area contributed by atoms with Crippen LogP contribution in [0.15, 0.2) is 48.5 Å². The second kappa shape index (κ2) is 43.9. The molecule has 0 spiro atoms. The minimum Gasteiger partial charge on any atom is -0.493 e. The van der Waals surface area contributed by atoms with Gasteiger partial charge in [0.1, 0.15) is 48.5 Å². The van der Waals surface area contributed by atoms with Crippen LogP contribution in [0.4, 0.5) is 0 Å². The number of hydrogen-bond acceptors (Lipinski definition) is 24. The van der Waals surface area contributed by atoms with Crippen molar-refractivity contribution in [3.63, 3.8) is 0 Å². The average molecular weight is 1780 g/mol. The molecule has 0 radical (unpaired) electrons. The highest BCUT2D eigenvalue weighted by Gasteiger charge is 2.47. The standard InChI is InChI=1S/4C24H38N2O4/c4*1-14(2)9-17-13-26-8-7-16-10-21(28-5)22(29-6)11-18(16)19(26)12-20(17)30-24(27)23(25)15(3)4/h4*10-11,14-15,17,19-20,23H,7-9,12-13,25H2,1-6H3/t4*17?,19?,20?,23-/m0000/s1/i1D3,3D3,4D3,7D2,8D2,9D2,12D2,13D2,14D,15D,17D,19D,20D,23D;2*1D3,3D3,4D3,5D3,7D2,8D2,9D2,12D2,13D2,14D,15D,17D,19D,23D;1D3,3D3,4D3,7D2,8D2,9D2,12D2,13D2,14D,15D,17D,19D,23D/t4*14?,17?,19?,20?,23-. The molecule has 16 unspecified atom stereocenters. The third kappa shape index (κ3) is 23.8. The van der Waals surface area contributed by atoms with Gasteiger partial charge in [-0.3, -0.25) is 38.8 Å². The molecule has 4 saturated heterocycles. The Morgan fingerprint density at radius 1 is 0.367 bits per heavy atom. The topological polar surface area (TPSA) is 296 Å². The quantitative estimate of drug-likeness (QED) is 0.0303. The molecule has 0 aliphatic carbocycles. The fraction of sp³-hybridized carbons (Fsp3) is 0.708. The zero-order valence-electron chi connectivity index (χ0n) is 167. The van der Waals surface area contributed by atoms with Crippen LogP contribution in [-0.2, 0) is 63.6 Å². The van der Waals surface area contributed by atoms with Gasteiger partial charge in [-0.15, -0.1) is 0 Å². The maximum atomic E-state index is 14.0. The van der Waals surface area contributed by atoms with Crippen molar-refractivity contribution < 1.29 is 217 Å². The van der Waals surface area contributed by atoms with E-state index in [9.17, 15) is 53.4 Å². The lowest BCUT2D eigenvalue weighted by Gasteiger charge is -2.47. The fourth-order valence-corrected chi connectivity index (χ4v) is 10.6. The Hall–Kier alpha value is -7.16. The van der Waals surface area contributed by atoms with E-state index in [4.69, 9.17) is 187 Å². The van der Waals surface area contributed by atoms with Crippen molar-refractivity contribution in [1.82, 2.24) is 19.6 Å². The number of piperidine rings is 4. The molecule has 0 aromatic heterocycles. The lowest BCUT2D eigenvalue weighted by molar-refractivity contribution is -0.161. The number of fused-ring (bicyclic) bond motifs is 12. The van der Waals surface area contributed by atoms with Crippen molar-refractivity contribution in [2.24, 2.45) is 93.7 Å². The van der Waals surface area contributed by atoms with E-state index in [1.807, 2.05) is 0 Å². The second-order valence-corrected chi connectivity index (χ2v) is 24.3. The predicted octanol–water partition coefficient (Wildman–Crippen LogP) is 14.3. The van der Waals surface area contributed by atoms with Gasteiger partial charge >= 0.3 is 23.9 Å². The van der Waals surface area contributed by atoms with Crippen molar-refractivity contribution in [3.05, 3.63) is 93.0 Å². The highest BCUT2D eigenvalue weighted by molar-refractivity contribution is 5.77. The summed E-state index contributed by atoms with van der Waals surface area (Å²) in [7, 11) is -0.770. The zero-order chi connectivity index (χ0) is 178. The summed E-state index contributed by atoms with van der Waals surface area (Å²) in [6, 6.07) is -29.2. The summed E-state index contributed by atoms with van der Waals surface area (Å²) in [6.45, 7) is -83.5. The number of rotatable bonds is 28. The predicted molar refractivity (Wildman–Crippen MR) is 471 cm³/mol. The minimum atomic E-state index is -5.02. The van der Waals surface area contributed by atoms with Gasteiger partial charge in [-0.1, -0.05) is 110 Å². The number of carbonyl (C=O) groups is 4. The summed E-state index contributed by atoms with van der Waals surface area (Å²) in [4.78, 5) is 53.3. The van der Waals surface area contributed by atoms with Gasteiger partial charge in [0.05, 0.1) is 77.3 Å². The molecular weight excluding hydrogens is 1520 g/mol. The maximum Gasteiger partial charge on any atom is 0.323 e. The molecule has 4 aromatic rings. The lowest BCUT2D eigenvalue weighted by Crippen LogP contribution is -2.51. The van der Waals surface area contributed by atoms with Crippen LogP contribution in [0, 0.1) is 70.7 Å². The van der Waals surface area contributed by atoms with Gasteiger partial charge in [0.2, 0.25) is 0 Å². The number of aryl methyl sites for hydroxylation is 4. The third-order valence-corrected chi connectivity index (χ3v) is 16.1. The van der Waals surface area contributed by atoms with Crippen LogP contribution in [0.25, 0.3) is 0 Å². The van der Waals surface area contributed by atoms with Gasteiger partial charge < -0.3 is 79.8 Å². The number of nitrogens with two attached hydrogens (primary N) is 4. The van der Waals surface area contributed by atoms with Crippen molar-refractivity contribution in [2.75, 3.05) is 109 Å². The molecule has 4 fully saturated rings. The molecular formula is C96H152N8O16. The molecule has 0 bridgehead atoms. The smallest absolute Gasteiger partial charge is 0.323 e. The van der Waals surface area contributed by atoms with Crippen LogP contribution in [0.5, 0.6) is 46.0 Å². The van der Waals surface area contributed by atoms with Gasteiger partial charge in [-0.2, -0.15) is 0 Å². The van der Waals surface area contributed by atoms with Crippen molar-refractivity contribution in [2.45, 2.75) is 259 Å². The third-order valence-electron chi connectivity index (χ3n) is 16.1. The molecule has 8 aliphatic heterocycles. The highest BCUT2D eigenvalue weighted by atomic mass is 16.6. The Morgan fingerprint density at radius 3 is 0.850 bits per heavy atom. The Labute approximate surface area is 863 Å². The van der Waals surface area contributed by atoms with Crippen molar-refractivity contribution in [1.29, 1.82) is 0 Å². The van der Waals surface area contributed by atoms with Crippen LogP contribution in [-0.4, -0.2) is 201 Å². The monoisotopic (exact) mass is 1780 g/mol. The molecule has 8 heterocycles. The molecule has 672 valence electrons. The van der Waals surface area contributed by atoms with Gasteiger partial charge in [-0.25, -0.2) is 0 Å². The zero-order valence-corrected chi connectivity index (χ0v) is 64.5. The number of hydrogen-bond donors (Lipinski definition) is 4. The van der Waals surface area contributed by atoms with E-state index in [0.717, 1.165) is 48.7 Å². The first kappa shape index (κ1) is 28.2. The molecule has 0 saturated carbocycles. The SMILES string of the molecule is [2H]C([2H])([2H])C([2H])(C)C([2H])([2H])C1([2H])C(OC(=O)[C@@]([2H])(N)C([2H])(C([2H])([2H])[2H])C([2H])([2H])[2H])C([2H])([2H])C2([2H])c3cc(OC)c(OC)cc3C([2H])([2H])C([2H])([2H])N2C1([2H])[2H].[2H]C([2H])([2H])C([2H])(C)C([2H])([2H])C1([2H])C([2H])([2H])N2C([2H])([2H])C([2H])([2H])c3cc(OC)c(OC)cc3C2([2H])C([2H])([2H])C1([2H])OC(=O)[C@@]([2H])(N)C([2H])(C([2H])([2H])[2H])C([2H])([2H])[2H].[2H]C([2H])([2H])Oc1cc2c(cc1OC)C1([2H])N(C([2H])([2H])C2([2H])[2H])C([2H])([2H])C([2H])(C([2H])([2H])C([2H])(C)C([2H])([2H])[2H])C(OC(=O)[C@@]([2H])(N)C([2H])(C([2H])([2H])[2H])C([2H])([2H])[2H])C1([2H])[2H].[2H]C([2H])([2H])Oc1cc2c(cc1OC)C1([2H])N(C([2H])([2H])C2([2H])[2H])C([2H])([2H])C([2H])(C([2H])([2H])C([2H])(C)C([2H])([2H])[2H])C(OC(=O)[C@@]([2H])(N)C([2H])(C([2H])([2H])[2H])C([2H])([2H])[2H])C1([2H])[2H]. The molecule has 8 N–H and O–H groups in total. The van der Waals surface area contributed by atoms with Crippen LogP contribution < -0.4 is 60.8 Å². The van der Waals surface area contributed by atoms with Gasteiger partial charge in [-0.05, 0) is 191 Å². The molecule has 20 atom stereocenters. The molecule has 24 heteroatoms. The molecule has 12 rings (SSSR count). The summed E-state index contributed by atoms with van der Waals surface area (Å²) in [5.74, 6) is -68.1. The number of benzene rings is 4. The summed E-state index contributed by atoms with van der Waals surface area (Å²) < 4.78 is 933. The van der Waals surface area contributed by atoms with Gasteiger partial charge in [0, 0.05) is 246 Å². The summed E-state index contributed by atoms with van der Waals surface area (Å²) >= 11 is 0. The van der Waals surface area contributed by atoms with Crippen LogP contribution >= 0.6 is 0 Å². The largest absolute Gasteiger partial charge is 0.493 e. The average Bonchev–Trinajstić information content (AvgIpc) is 0.623. The van der Waals surface area contributed by atoms with Gasteiger partial charge in [0.25, 0.3) is 0 Å². The highest BCUT2D eigenvalue weighted by Crippen LogP contribution is 2.50. The van der Waals surface area contributed by atoms with E-state index in [1.54, 1.807) is 0 Å². The van der Waals surface area contributed by atoms with E-state index in [-0.39, 0.29) is 32.3 Å². The molecule has 0 amide bonds. The Kier molecular flexibility index (Phi) is 10.3. The first-order valence-electron chi connectivity index (χ1n) is 85.2. The minimum absolute atomic E-state index is 0.221. The van der Waals surface area contributed by atoms with Crippen molar-refractivity contribution >= 4 is 23.9 Å². The fourth-order valence-electron chi connectivity index (χ4n) is 10.6. The number of esters is 4. The number of methoxy groups -OCH3 is 8. The summed E-state index contributed by atoms with van der Waals surface area (Å²) in [5, 5.41) is 0. The van der Waals surface area contributed by atoms with E-state index >= 15 is 0 Å². The van der Waals surface area contributed by atoms with E-state index in [0.29, 0.717) is 49.4 Å². The Morgan fingerprint density at radius 2 is 0.600 bits per heavy atom. The van der Waals surface area contributed by atoms with Crippen LogP contribution in [0.3, 0.4) is 0 Å². The van der Waals surface area contributed by atoms with E-state index in [2.05, 4.69) is 0 Å². The van der Waals surface area contributed by atoms with E-state index < -0.39 is 490 Å². The lowest BCUT2D eigenvalue weighted by atomic mass is 9.79. The van der Waals surface area contributed by atoms with E-state index in [1.165, 1.54) is 0 Å². The van der Waals surface area contributed by atoms with Crippen LogP contribution in [0.2, 0.25) is 0 Å². The van der Waals surface area contributed by atoms with Gasteiger partial charge in [0.15, 0.2) is 46.0 Å². The first-order valence-corrected chi connectivity index (χ1v) is 33.7. The summed E-state index contributed by atoms with van der Waals surface area (Å²) in [6.07, 6.45) is -67.0. The second-order valence-electron chi connectivity index (χ2n) is 24.3. The molecule has 8 aliphatic rings. The first-order chi connectivity index (χ1) is 96.6. The Bertz CT molecular complexity index is 8600. The number of carbonyl (C=O) groups excluding carboxylic acids is 4. The summed E-state index contributed by atoms with van der Waals surface area (Å²) in [5.41, 5.74) is 13.6. The number of ether oxygens (including phenoxy) is 12. The Balaban J connectivity index is 0.000000319. The normalized spacial score (nSPS) is 55.1. The molecule has 120 heavy (non-hydrogen) atoms. The van der Waals surface area contributed by atoms with Crippen LogP contribution in [0.1, 0.15) is 371 Å². The van der Waals surface area contributed by atoms with Crippen molar-refractivity contribution in [3.8, 4) is 46.0 Å². The number of nitrogens with zero attached hydrogens (tertiary/aromatic N) is 4.